The number of ether oxygens (including phenoxy) is 1. The van der Waals surface area contributed by atoms with Crippen molar-refractivity contribution in [1.29, 1.82) is 0 Å². The molecule has 1 N–H and O–H groups in total. The molecule has 1 fully saturated rings. The fourth-order valence-corrected chi connectivity index (χ4v) is 2.04. The van der Waals surface area contributed by atoms with Gasteiger partial charge in [0.05, 0.1) is 11.8 Å². The molecule has 1 aliphatic carbocycles. The minimum atomic E-state index is 0.186. The van der Waals surface area contributed by atoms with Gasteiger partial charge in [-0.2, -0.15) is 0 Å². The summed E-state index contributed by atoms with van der Waals surface area (Å²) in [4.78, 5) is 0. The Morgan fingerprint density at radius 3 is 2.70 bits per heavy atom. The summed E-state index contributed by atoms with van der Waals surface area (Å²) in [5, 5.41) is 7.52. The first kappa shape index (κ1) is 13.2. The van der Waals surface area contributed by atoms with Gasteiger partial charge in [-0.05, 0) is 51.0 Å². The van der Waals surface area contributed by atoms with E-state index >= 15 is 0 Å². The number of nitrogens with zero attached hydrogens (tertiary/aromatic N) is 1. The molecule has 0 atom stereocenters. The summed E-state index contributed by atoms with van der Waals surface area (Å²) in [5.74, 6) is 1.67. The highest BCUT2D eigenvalue weighted by Crippen LogP contribution is 2.24. The molecular weight excluding hydrogens is 252 g/mol. The van der Waals surface area contributed by atoms with E-state index in [2.05, 4.69) is 10.5 Å². The van der Waals surface area contributed by atoms with Gasteiger partial charge in [-0.3, -0.25) is 0 Å². The van der Waals surface area contributed by atoms with Crippen LogP contribution in [0.4, 0.5) is 0 Å². The van der Waals surface area contributed by atoms with E-state index in [1.165, 1.54) is 12.8 Å². The molecule has 20 heavy (non-hydrogen) atoms. The second kappa shape index (κ2) is 5.67. The Hall–Kier alpha value is -1.81. The van der Waals surface area contributed by atoms with Gasteiger partial charge in [0, 0.05) is 24.2 Å². The predicted octanol–water partition coefficient (Wildman–Crippen LogP) is 3.38. The van der Waals surface area contributed by atoms with Gasteiger partial charge in [0.1, 0.15) is 5.75 Å². The quantitative estimate of drug-likeness (QED) is 0.875. The Kier molecular flexibility index (Phi) is 3.74. The van der Waals surface area contributed by atoms with E-state index in [4.69, 9.17) is 9.26 Å². The average Bonchev–Trinajstić information content (AvgIpc) is 3.14. The smallest absolute Gasteiger partial charge is 0.167 e. The van der Waals surface area contributed by atoms with Crippen molar-refractivity contribution >= 4 is 0 Å². The van der Waals surface area contributed by atoms with Crippen LogP contribution in [-0.2, 0) is 6.54 Å². The Labute approximate surface area is 119 Å². The summed E-state index contributed by atoms with van der Waals surface area (Å²) >= 11 is 0. The van der Waals surface area contributed by atoms with Gasteiger partial charge in [-0.25, -0.2) is 0 Å². The van der Waals surface area contributed by atoms with Gasteiger partial charge in [0.25, 0.3) is 0 Å². The van der Waals surface area contributed by atoms with Gasteiger partial charge in [-0.1, -0.05) is 5.16 Å². The van der Waals surface area contributed by atoms with Crippen LogP contribution in [0.5, 0.6) is 5.75 Å². The summed E-state index contributed by atoms with van der Waals surface area (Å²) in [6, 6.07) is 10.6. The lowest BCUT2D eigenvalue weighted by molar-refractivity contribution is 0.242. The summed E-state index contributed by atoms with van der Waals surface area (Å²) < 4.78 is 11.0. The lowest BCUT2D eigenvalue weighted by Crippen LogP contribution is -2.15. The molecule has 106 valence electrons. The minimum absolute atomic E-state index is 0.186. The molecule has 3 rings (SSSR count). The van der Waals surface area contributed by atoms with Crippen molar-refractivity contribution in [2.45, 2.75) is 45.4 Å². The van der Waals surface area contributed by atoms with Crippen molar-refractivity contribution in [1.82, 2.24) is 10.5 Å². The lowest BCUT2D eigenvalue weighted by atomic mass is 10.1. The van der Waals surface area contributed by atoms with Gasteiger partial charge < -0.3 is 14.6 Å². The van der Waals surface area contributed by atoms with E-state index < -0.39 is 0 Å². The standard InChI is InChI=1S/C16H20N2O2/c1-11(2)19-15-7-3-12(4-8-15)16-9-14(18-20-16)10-17-13-5-6-13/h3-4,7-9,11,13,17H,5-6,10H2,1-2H3. The average molecular weight is 272 g/mol. The van der Waals surface area contributed by atoms with Crippen LogP contribution in [0.1, 0.15) is 32.4 Å². The third-order valence-corrected chi connectivity index (χ3v) is 3.22. The summed E-state index contributed by atoms with van der Waals surface area (Å²) in [5.41, 5.74) is 1.97. The third-order valence-electron chi connectivity index (χ3n) is 3.22. The van der Waals surface area contributed by atoms with Crippen molar-refractivity contribution in [3.05, 3.63) is 36.0 Å². The molecular formula is C16H20N2O2. The Balaban J connectivity index is 1.65. The van der Waals surface area contributed by atoms with Crippen molar-refractivity contribution in [3.8, 4) is 17.1 Å². The fraction of sp³-hybridized carbons (Fsp3) is 0.438. The Morgan fingerprint density at radius 2 is 2.05 bits per heavy atom. The SMILES string of the molecule is CC(C)Oc1ccc(-c2cc(CNC3CC3)no2)cc1. The number of benzene rings is 1. The molecule has 4 nitrogen and oxygen atoms in total. The lowest BCUT2D eigenvalue weighted by Gasteiger charge is -2.09. The fourth-order valence-electron chi connectivity index (χ4n) is 2.04. The maximum Gasteiger partial charge on any atom is 0.167 e. The molecule has 1 heterocycles. The highest BCUT2D eigenvalue weighted by Gasteiger charge is 2.20. The predicted molar refractivity (Wildman–Crippen MR) is 77.6 cm³/mol. The van der Waals surface area contributed by atoms with Crippen LogP contribution in [-0.4, -0.2) is 17.3 Å². The van der Waals surface area contributed by atoms with Crippen LogP contribution in [0.2, 0.25) is 0 Å². The van der Waals surface area contributed by atoms with Crippen LogP contribution in [0.15, 0.2) is 34.9 Å². The number of hydrogen-bond acceptors (Lipinski definition) is 4. The molecule has 1 aliphatic rings. The number of hydrogen-bond donors (Lipinski definition) is 1. The van der Waals surface area contributed by atoms with Crippen molar-refractivity contribution < 1.29 is 9.26 Å². The number of nitrogens with one attached hydrogen (secondary N) is 1. The molecule has 2 aromatic rings. The molecule has 0 amide bonds. The first-order valence-electron chi connectivity index (χ1n) is 7.17. The Bertz CT molecular complexity index is 556. The van der Waals surface area contributed by atoms with Gasteiger partial charge >= 0.3 is 0 Å². The van der Waals surface area contributed by atoms with Crippen LogP contribution in [0, 0.1) is 0 Å². The zero-order valence-electron chi connectivity index (χ0n) is 11.9. The van der Waals surface area contributed by atoms with Crippen LogP contribution >= 0.6 is 0 Å². The maximum atomic E-state index is 5.63. The molecule has 0 aliphatic heterocycles. The van der Waals surface area contributed by atoms with Crippen LogP contribution in [0.3, 0.4) is 0 Å². The second-order valence-corrected chi connectivity index (χ2v) is 5.53. The monoisotopic (exact) mass is 272 g/mol. The largest absolute Gasteiger partial charge is 0.491 e. The first-order chi connectivity index (χ1) is 9.70. The molecule has 4 heteroatoms. The van der Waals surface area contributed by atoms with E-state index in [0.717, 1.165) is 29.3 Å². The van der Waals surface area contributed by atoms with Crippen molar-refractivity contribution in [2.75, 3.05) is 0 Å². The molecule has 0 saturated heterocycles. The molecule has 0 unspecified atom stereocenters. The highest BCUT2D eigenvalue weighted by molar-refractivity contribution is 5.58. The summed E-state index contributed by atoms with van der Waals surface area (Å²) in [6.45, 7) is 4.82. The molecule has 1 saturated carbocycles. The number of rotatable bonds is 6. The highest BCUT2D eigenvalue weighted by atomic mass is 16.5. The van der Waals surface area contributed by atoms with Crippen LogP contribution < -0.4 is 10.1 Å². The maximum absolute atomic E-state index is 5.63. The van der Waals surface area contributed by atoms with Crippen molar-refractivity contribution in [3.63, 3.8) is 0 Å². The van der Waals surface area contributed by atoms with Crippen LogP contribution in [0.25, 0.3) is 11.3 Å². The molecule has 1 aromatic carbocycles. The van der Waals surface area contributed by atoms with Crippen molar-refractivity contribution in [2.24, 2.45) is 0 Å². The molecule has 0 spiro atoms. The summed E-state index contributed by atoms with van der Waals surface area (Å²) in [6.07, 6.45) is 2.75. The molecule has 0 radical (unpaired) electrons. The Morgan fingerprint density at radius 1 is 1.30 bits per heavy atom. The van der Waals surface area contributed by atoms with Gasteiger partial charge in [0.15, 0.2) is 5.76 Å². The topological polar surface area (TPSA) is 47.3 Å². The van der Waals surface area contributed by atoms with Gasteiger partial charge in [0.2, 0.25) is 0 Å². The zero-order valence-corrected chi connectivity index (χ0v) is 11.9. The normalized spacial score (nSPS) is 14.8. The van der Waals surface area contributed by atoms with E-state index in [9.17, 15) is 0 Å². The second-order valence-electron chi connectivity index (χ2n) is 5.53. The van der Waals surface area contributed by atoms with E-state index in [1.54, 1.807) is 0 Å². The molecule has 1 aromatic heterocycles. The first-order valence-corrected chi connectivity index (χ1v) is 7.17. The third kappa shape index (κ3) is 3.39. The van der Waals surface area contributed by atoms with E-state index in [-0.39, 0.29) is 6.10 Å². The number of aromatic nitrogens is 1. The molecule has 0 bridgehead atoms. The minimum Gasteiger partial charge on any atom is -0.491 e. The van der Waals surface area contributed by atoms with E-state index in [0.29, 0.717) is 6.04 Å². The zero-order chi connectivity index (χ0) is 13.9. The van der Waals surface area contributed by atoms with Gasteiger partial charge in [-0.15, -0.1) is 0 Å². The van der Waals surface area contributed by atoms with E-state index in [1.807, 2.05) is 44.2 Å². The summed E-state index contributed by atoms with van der Waals surface area (Å²) in [7, 11) is 0.